The van der Waals surface area contributed by atoms with Crippen LogP contribution in [-0.2, 0) is 16.4 Å². The Labute approximate surface area is 155 Å². The molecule has 7 heteroatoms. The fraction of sp³-hybridized carbons (Fsp3) is 0.368. The molecule has 0 bridgehead atoms. The summed E-state index contributed by atoms with van der Waals surface area (Å²) in [6, 6.07) is 11.4. The van der Waals surface area contributed by atoms with Crippen molar-refractivity contribution in [1.82, 2.24) is 9.29 Å². The highest BCUT2D eigenvalue weighted by atomic mass is 32.2. The molecule has 0 saturated carbocycles. The minimum absolute atomic E-state index is 0.226. The van der Waals surface area contributed by atoms with Gasteiger partial charge in [-0.05, 0) is 42.5 Å². The molecule has 0 unspecified atom stereocenters. The molecule has 26 heavy (non-hydrogen) atoms. The Morgan fingerprint density at radius 3 is 2.46 bits per heavy atom. The molecule has 1 saturated heterocycles. The SMILES string of the molecule is CCc1ccc(C=NNc2ccc(S(=O)(=O)N3CCCCC3)cn2)cc1. The molecule has 0 aliphatic carbocycles. The van der Waals surface area contributed by atoms with Crippen molar-refractivity contribution in [3.05, 3.63) is 53.7 Å². The average Bonchev–Trinajstić information content (AvgIpc) is 2.69. The lowest BCUT2D eigenvalue weighted by atomic mass is 10.1. The maximum Gasteiger partial charge on any atom is 0.244 e. The van der Waals surface area contributed by atoms with E-state index in [0.717, 1.165) is 31.2 Å². The lowest BCUT2D eigenvalue weighted by molar-refractivity contribution is 0.346. The summed E-state index contributed by atoms with van der Waals surface area (Å²) in [6.07, 6.45) is 7.02. The van der Waals surface area contributed by atoms with E-state index in [4.69, 9.17) is 0 Å². The zero-order valence-corrected chi connectivity index (χ0v) is 15.7. The van der Waals surface area contributed by atoms with Crippen LogP contribution in [0.25, 0.3) is 0 Å². The molecule has 2 heterocycles. The summed E-state index contributed by atoms with van der Waals surface area (Å²) in [4.78, 5) is 4.39. The van der Waals surface area contributed by atoms with Crippen LogP contribution in [-0.4, -0.2) is 37.0 Å². The fourth-order valence-electron chi connectivity index (χ4n) is 2.87. The van der Waals surface area contributed by atoms with Gasteiger partial charge in [-0.25, -0.2) is 13.4 Å². The molecule has 1 aromatic carbocycles. The average molecular weight is 372 g/mol. The van der Waals surface area contributed by atoms with Gasteiger partial charge in [0.05, 0.1) is 6.21 Å². The second kappa shape index (κ2) is 8.42. The number of benzene rings is 1. The Kier molecular flexibility index (Phi) is 6.00. The van der Waals surface area contributed by atoms with Crippen molar-refractivity contribution in [3.8, 4) is 0 Å². The number of piperidine rings is 1. The first-order chi connectivity index (χ1) is 12.6. The summed E-state index contributed by atoms with van der Waals surface area (Å²) >= 11 is 0. The van der Waals surface area contributed by atoms with Gasteiger partial charge in [-0.2, -0.15) is 9.41 Å². The summed E-state index contributed by atoms with van der Waals surface area (Å²) in [5, 5.41) is 4.15. The van der Waals surface area contributed by atoms with Crippen LogP contribution in [0.1, 0.15) is 37.3 Å². The predicted octanol–water partition coefficient (Wildman–Crippen LogP) is 3.26. The second-order valence-electron chi connectivity index (χ2n) is 6.31. The van der Waals surface area contributed by atoms with Gasteiger partial charge in [-0.15, -0.1) is 0 Å². The first kappa shape index (κ1) is 18.5. The van der Waals surface area contributed by atoms with E-state index in [-0.39, 0.29) is 4.90 Å². The van der Waals surface area contributed by atoms with Crippen LogP contribution in [0.15, 0.2) is 52.6 Å². The largest absolute Gasteiger partial charge is 0.261 e. The Balaban J connectivity index is 1.62. The third-order valence-electron chi connectivity index (χ3n) is 4.47. The molecule has 1 N–H and O–H groups in total. The molecule has 138 valence electrons. The minimum atomic E-state index is -3.44. The third kappa shape index (κ3) is 4.47. The van der Waals surface area contributed by atoms with Gasteiger partial charge in [0.15, 0.2) is 0 Å². The first-order valence-electron chi connectivity index (χ1n) is 8.94. The van der Waals surface area contributed by atoms with Gasteiger partial charge in [-0.1, -0.05) is 37.6 Å². The maximum atomic E-state index is 12.6. The number of nitrogens with one attached hydrogen (secondary N) is 1. The van der Waals surface area contributed by atoms with Gasteiger partial charge in [0.2, 0.25) is 10.0 Å². The Morgan fingerprint density at radius 2 is 1.85 bits per heavy atom. The van der Waals surface area contributed by atoms with Crippen molar-refractivity contribution >= 4 is 22.1 Å². The molecule has 1 aliphatic heterocycles. The van der Waals surface area contributed by atoms with Gasteiger partial charge < -0.3 is 0 Å². The molecule has 1 fully saturated rings. The number of aryl methyl sites for hydroxylation is 1. The third-order valence-corrected chi connectivity index (χ3v) is 6.35. The van der Waals surface area contributed by atoms with E-state index in [1.807, 2.05) is 12.1 Å². The zero-order chi connectivity index (χ0) is 18.4. The van der Waals surface area contributed by atoms with E-state index >= 15 is 0 Å². The van der Waals surface area contributed by atoms with Gasteiger partial charge >= 0.3 is 0 Å². The molecule has 1 aliphatic rings. The molecular weight excluding hydrogens is 348 g/mol. The van der Waals surface area contributed by atoms with E-state index in [2.05, 4.69) is 34.6 Å². The summed E-state index contributed by atoms with van der Waals surface area (Å²) in [7, 11) is -3.44. The summed E-state index contributed by atoms with van der Waals surface area (Å²) < 4.78 is 26.7. The van der Waals surface area contributed by atoms with Crippen LogP contribution in [0, 0.1) is 0 Å². The Morgan fingerprint density at radius 1 is 1.12 bits per heavy atom. The van der Waals surface area contributed by atoms with Crippen molar-refractivity contribution in [3.63, 3.8) is 0 Å². The van der Waals surface area contributed by atoms with Gasteiger partial charge in [-0.3, -0.25) is 5.43 Å². The Hall–Kier alpha value is -2.25. The molecule has 3 rings (SSSR count). The van der Waals surface area contributed by atoms with Crippen LogP contribution in [0.4, 0.5) is 5.82 Å². The summed E-state index contributed by atoms with van der Waals surface area (Å²) in [6.45, 7) is 3.29. The molecule has 0 atom stereocenters. The topological polar surface area (TPSA) is 74.7 Å². The summed E-state index contributed by atoms with van der Waals surface area (Å²) in [5.41, 5.74) is 5.09. The second-order valence-corrected chi connectivity index (χ2v) is 8.25. The number of hydrogen-bond donors (Lipinski definition) is 1. The van der Waals surface area contributed by atoms with Crippen LogP contribution in [0.3, 0.4) is 0 Å². The standard InChI is InChI=1S/C19H24N4O2S/c1-2-16-6-8-17(9-7-16)14-21-22-19-11-10-18(15-20-19)26(24,25)23-12-4-3-5-13-23/h6-11,14-15H,2-5,12-13H2,1H3,(H,20,22). The van der Waals surface area contributed by atoms with E-state index in [1.54, 1.807) is 22.7 Å². The normalized spacial score (nSPS) is 16.0. The van der Waals surface area contributed by atoms with Crippen molar-refractivity contribution in [2.75, 3.05) is 18.5 Å². The van der Waals surface area contributed by atoms with Crippen LogP contribution in [0.2, 0.25) is 0 Å². The molecule has 2 aromatic rings. The van der Waals surface area contributed by atoms with E-state index < -0.39 is 10.0 Å². The predicted molar refractivity (Wildman–Crippen MR) is 104 cm³/mol. The highest BCUT2D eigenvalue weighted by Crippen LogP contribution is 2.20. The van der Waals surface area contributed by atoms with Gasteiger partial charge in [0.25, 0.3) is 0 Å². The maximum absolute atomic E-state index is 12.6. The zero-order valence-electron chi connectivity index (χ0n) is 14.9. The van der Waals surface area contributed by atoms with Gasteiger partial charge in [0, 0.05) is 19.3 Å². The molecular formula is C19H24N4O2S. The number of hydrazone groups is 1. The van der Waals surface area contributed by atoms with E-state index in [0.29, 0.717) is 18.9 Å². The van der Waals surface area contributed by atoms with Crippen LogP contribution < -0.4 is 5.43 Å². The van der Waals surface area contributed by atoms with Crippen LogP contribution in [0.5, 0.6) is 0 Å². The number of aromatic nitrogens is 1. The molecule has 0 radical (unpaired) electrons. The summed E-state index contributed by atoms with van der Waals surface area (Å²) in [5.74, 6) is 0.504. The van der Waals surface area contributed by atoms with Gasteiger partial charge in [0.1, 0.15) is 10.7 Å². The molecule has 1 aromatic heterocycles. The number of rotatable bonds is 6. The molecule has 0 spiro atoms. The van der Waals surface area contributed by atoms with Crippen molar-refractivity contribution in [2.24, 2.45) is 5.10 Å². The smallest absolute Gasteiger partial charge is 0.244 e. The molecule has 6 nitrogen and oxygen atoms in total. The quantitative estimate of drug-likeness (QED) is 0.624. The highest BCUT2D eigenvalue weighted by molar-refractivity contribution is 7.89. The number of pyridine rings is 1. The van der Waals surface area contributed by atoms with Crippen molar-refractivity contribution in [2.45, 2.75) is 37.5 Å². The fourth-order valence-corrected chi connectivity index (χ4v) is 4.33. The number of hydrogen-bond acceptors (Lipinski definition) is 5. The van der Waals surface area contributed by atoms with E-state index in [9.17, 15) is 8.42 Å². The molecule has 0 amide bonds. The lowest BCUT2D eigenvalue weighted by Crippen LogP contribution is -2.35. The number of sulfonamides is 1. The monoisotopic (exact) mass is 372 g/mol. The van der Waals surface area contributed by atoms with E-state index in [1.165, 1.54) is 11.8 Å². The minimum Gasteiger partial charge on any atom is -0.261 e. The number of nitrogens with zero attached hydrogens (tertiary/aromatic N) is 3. The highest BCUT2D eigenvalue weighted by Gasteiger charge is 2.25. The Bertz CT molecular complexity index is 840. The van der Waals surface area contributed by atoms with Crippen molar-refractivity contribution in [1.29, 1.82) is 0 Å². The van der Waals surface area contributed by atoms with Crippen molar-refractivity contribution < 1.29 is 8.42 Å². The number of anilines is 1. The lowest BCUT2D eigenvalue weighted by Gasteiger charge is -2.25. The first-order valence-corrected chi connectivity index (χ1v) is 10.4. The van der Waals surface area contributed by atoms with Crippen LogP contribution >= 0.6 is 0 Å².